The first kappa shape index (κ1) is 15.0. The van der Waals surface area contributed by atoms with E-state index in [4.69, 9.17) is 5.26 Å². The van der Waals surface area contributed by atoms with Gasteiger partial charge in [-0.15, -0.1) is 0 Å². The van der Waals surface area contributed by atoms with Crippen LogP contribution in [-0.4, -0.2) is 16.7 Å². The molecule has 4 nitrogen and oxygen atoms in total. The first-order valence-corrected chi connectivity index (χ1v) is 7.40. The average Bonchev–Trinajstić information content (AvgIpc) is 2.91. The molecule has 0 unspecified atom stereocenters. The molecular weight excluding hydrogens is 288 g/mol. The molecule has 0 aliphatic carbocycles. The zero-order valence-electron chi connectivity index (χ0n) is 13.0. The van der Waals surface area contributed by atoms with E-state index in [0.29, 0.717) is 17.7 Å². The molecule has 1 heterocycles. The van der Waals surface area contributed by atoms with E-state index in [9.17, 15) is 9.59 Å². The molecule has 114 valence electrons. The van der Waals surface area contributed by atoms with Gasteiger partial charge in [0.05, 0.1) is 18.0 Å². The summed E-state index contributed by atoms with van der Waals surface area (Å²) in [6.07, 6.45) is 0. The SMILES string of the molecule is CC(C)(C#N)c1ccc(C(=O)N2Cc3ccccc3C2=O)cc1. The van der Waals surface area contributed by atoms with Crippen molar-refractivity contribution in [3.05, 3.63) is 70.8 Å². The molecule has 2 aromatic rings. The Morgan fingerprint density at radius 1 is 1.13 bits per heavy atom. The van der Waals surface area contributed by atoms with Gasteiger partial charge >= 0.3 is 0 Å². The highest BCUT2D eigenvalue weighted by atomic mass is 16.2. The first-order valence-electron chi connectivity index (χ1n) is 7.40. The third kappa shape index (κ3) is 2.51. The summed E-state index contributed by atoms with van der Waals surface area (Å²) in [6, 6.07) is 16.4. The van der Waals surface area contributed by atoms with Gasteiger partial charge in [-0.2, -0.15) is 5.26 Å². The topological polar surface area (TPSA) is 61.2 Å². The molecule has 0 aromatic heterocycles. The molecular formula is C19H16N2O2. The maximum Gasteiger partial charge on any atom is 0.261 e. The lowest BCUT2D eigenvalue weighted by atomic mass is 9.86. The molecule has 0 spiro atoms. The summed E-state index contributed by atoms with van der Waals surface area (Å²) in [7, 11) is 0. The van der Waals surface area contributed by atoms with Gasteiger partial charge in [-0.1, -0.05) is 30.3 Å². The number of hydrogen-bond acceptors (Lipinski definition) is 3. The highest BCUT2D eigenvalue weighted by molar-refractivity contribution is 6.12. The molecule has 0 bridgehead atoms. The number of benzene rings is 2. The molecule has 0 N–H and O–H groups in total. The normalized spacial score (nSPS) is 13.6. The van der Waals surface area contributed by atoms with Crippen LogP contribution in [0.3, 0.4) is 0 Å². The van der Waals surface area contributed by atoms with Gasteiger partial charge in [0.1, 0.15) is 0 Å². The number of imide groups is 1. The van der Waals surface area contributed by atoms with E-state index in [1.54, 1.807) is 36.4 Å². The number of carbonyl (C=O) groups excluding carboxylic acids is 2. The van der Waals surface area contributed by atoms with Crippen molar-refractivity contribution in [2.75, 3.05) is 0 Å². The quantitative estimate of drug-likeness (QED) is 0.800. The molecule has 0 atom stereocenters. The molecule has 0 fully saturated rings. The fourth-order valence-electron chi connectivity index (χ4n) is 2.67. The van der Waals surface area contributed by atoms with Crippen molar-refractivity contribution in [1.29, 1.82) is 5.26 Å². The van der Waals surface area contributed by atoms with E-state index < -0.39 is 5.41 Å². The minimum Gasteiger partial charge on any atom is -0.270 e. The van der Waals surface area contributed by atoms with E-state index in [1.807, 2.05) is 26.0 Å². The molecule has 0 saturated carbocycles. The smallest absolute Gasteiger partial charge is 0.261 e. The Morgan fingerprint density at radius 2 is 1.78 bits per heavy atom. The van der Waals surface area contributed by atoms with Crippen molar-refractivity contribution < 1.29 is 9.59 Å². The van der Waals surface area contributed by atoms with Crippen LogP contribution in [0.2, 0.25) is 0 Å². The fraction of sp³-hybridized carbons (Fsp3) is 0.211. The Labute approximate surface area is 135 Å². The second-order valence-corrected chi connectivity index (χ2v) is 6.17. The van der Waals surface area contributed by atoms with Crippen LogP contribution in [0.1, 0.15) is 45.7 Å². The van der Waals surface area contributed by atoms with Crippen LogP contribution >= 0.6 is 0 Å². The first-order chi connectivity index (χ1) is 10.9. The summed E-state index contributed by atoms with van der Waals surface area (Å²) >= 11 is 0. The maximum absolute atomic E-state index is 12.6. The summed E-state index contributed by atoms with van der Waals surface area (Å²) in [5.41, 5.74) is 2.13. The Kier molecular flexibility index (Phi) is 3.49. The number of rotatable bonds is 2. The Hall–Kier alpha value is -2.93. The summed E-state index contributed by atoms with van der Waals surface area (Å²) < 4.78 is 0. The van der Waals surface area contributed by atoms with Crippen molar-refractivity contribution in [1.82, 2.24) is 4.90 Å². The number of hydrogen-bond donors (Lipinski definition) is 0. The predicted molar refractivity (Wildman–Crippen MR) is 85.7 cm³/mol. The number of amides is 2. The van der Waals surface area contributed by atoms with Crippen molar-refractivity contribution >= 4 is 11.8 Å². The van der Waals surface area contributed by atoms with Gasteiger partial charge in [-0.3, -0.25) is 14.5 Å². The lowest BCUT2D eigenvalue weighted by molar-refractivity contribution is 0.0631. The van der Waals surface area contributed by atoms with Crippen LogP contribution < -0.4 is 0 Å². The van der Waals surface area contributed by atoms with Crippen LogP contribution in [0.5, 0.6) is 0 Å². The molecule has 2 aromatic carbocycles. The van der Waals surface area contributed by atoms with Crippen molar-refractivity contribution in [2.45, 2.75) is 25.8 Å². The molecule has 1 aliphatic heterocycles. The van der Waals surface area contributed by atoms with Crippen molar-refractivity contribution in [3.63, 3.8) is 0 Å². The van der Waals surface area contributed by atoms with E-state index in [0.717, 1.165) is 11.1 Å². The number of nitrogens with zero attached hydrogens (tertiary/aromatic N) is 2. The number of fused-ring (bicyclic) bond motifs is 1. The summed E-state index contributed by atoms with van der Waals surface area (Å²) in [6.45, 7) is 3.95. The highest BCUT2D eigenvalue weighted by Crippen LogP contribution is 2.26. The van der Waals surface area contributed by atoms with Crippen LogP contribution in [-0.2, 0) is 12.0 Å². The van der Waals surface area contributed by atoms with Crippen LogP contribution in [0.4, 0.5) is 0 Å². The van der Waals surface area contributed by atoms with Gasteiger partial charge in [0, 0.05) is 11.1 Å². The minimum atomic E-state index is -0.610. The number of nitriles is 1. The molecule has 2 amide bonds. The lowest BCUT2D eigenvalue weighted by Crippen LogP contribution is -2.31. The second kappa shape index (κ2) is 5.36. The summed E-state index contributed by atoms with van der Waals surface area (Å²) in [5, 5.41) is 9.16. The Morgan fingerprint density at radius 3 is 2.39 bits per heavy atom. The fourth-order valence-corrected chi connectivity index (χ4v) is 2.67. The zero-order chi connectivity index (χ0) is 16.6. The number of carbonyl (C=O) groups is 2. The van der Waals surface area contributed by atoms with E-state index in [-0.39, 0.29) is 11.8 Å². The minimum absolute atomic E-state index is 0.257. The molecule has 0 radical (unpaired) electrons. The van der Waals surface area contributed by atoms with Gasteiger partial charge < -0.3 is 0 Å². The van der Waals surface area contributed by atoms with Gasteiger partial charge in [0.2, 0.25) is 0 Å². The van der Waals surface area contributed by atoms with Crippen molar-refractivity contribution in [2.24, 2.45) is 0 Å². The predicted octanol–water partition coefficient (Wildman–Crippen LogP) is 3.28. The van der Waals surface area contributed by atoms with E-state index in [2.05, 4.69) is 6.07 Å². The third-order valence-corrected chi connectivity index (χ3v) is 4.20. The van der Waals surface area contributed by atoms with Gasteiger partial charge in [0.15, 0.2) is 0 Å². The monoisotopic (exact) mass is 304 g/mol. The second-order valence-electron chi connectivity index (χ2n) is 6.17. The third-order valence-electron chi connectivity index (χ3n) is 4.20. The standard InChI is InChI=1S/C19H16N2O2/c1-19(2,12-20)15-9-7-13(8-10-15)17(22)21-11-14-5-3-4-6-16(14)18(21)23/h3-10H,11H2,1-2H3. The van der Waals surface area contributed by atoms with Crippen LogP contribution in [0.25, 0.3) is 0 Å². The van der Waals surface area contributed by atoms with Gasteiger partial charge in [0.25, 0.3) is 11.8 Å². The molecule has 23 heavy (non-hydrogen) atoms. The average molecular weight is 304 g/mol. The van der Waals surface area contributed by atoms with E-state index in [1.165, 1.54) is 4.90 Å². The molecule has 3 rings (SSSR count). The van der Waals surface area contributed by atoms with E-state index >= 15 is 0 Å². The lowest BCUT2D eigenvalue weighted by Gasteiger charge is -2.17. The summed E-state index contributed by atoms with van der Waals surface area (Å²) in [4.78, 5) is 26.2. The van der Waals surface area contributed by atoms with Crippen LogP contribution in [0, 0.1) is 11.3 Å². The zero-order valence-corrected chi connectivity index (χ0v) is 13.0. The van der Waals surface area contributed by atoms with Crippen molar-refractivity contribution in [3.8, 4) is 6.07 Å². The molecule has 4 heteroatoms. The largest absolute Gasteiger partial charge is 0.270 e. The van der Waals surface area contributed by atoms with Gasteiger partial charge in [-0.25, -0.2) is 0 Å². The molecule has 1 aliphatic rings. The van der Waals surface area contributed by atoms with Gasteiger partial charge in [-0.05, 0) is 43.2 Å². The maximum atomic E-state index is 12.6. The Bertz CT molecular complexity index is 829. The highest BCUT2D eigenvalue weighted by Gasteiger charge is 2.32. The summed E-state index contributed by atoms with van der Waals surface area (Å²) in [5.74, 6) is -0.570. The molecule has 0 saturated heterocycles. The van der Waals surface area contributed by atoms with Crippen LogP contribution in [0.15, 0.2) is 48.5 Å². The Balaban J connectivity index is 1.86.